The van der Waals surface area contributed by atoms with Gasteiger partial charge in [-0.3, -0.25) is 4.79 Å². The Hall–Kier alpha value is -1.52. The summed E-state index contributed by atoms with van der Waals surface area (Å²) in [6.45, 7) is 0.669. The van der Waals surface area contributed by atoms with Crippen LogP contribution >= 0.6 is 22.9 Å². The standard InChI is InChI=1S/C18H20ClNO2S/c1-22-16-14-8-7-13(19)11-15(14)23-17(16)18(21)20-10-9-12-5-3-2-4-6-12/h5,7-8,11H,2-4,6,9-10H2,1H3,(H,20,21). The smallest absolute Gasteiger partial charge is 0.265 e. The molecule has 0 spiro atoms. The van der Waals surface area contributed by atoms with Crippen LogP contribution < -0.4 is 10.1 Å². The molecule has 0 atom stereocenters. The van der Waals surface area contributed by atoms with Gasteiger partial charge in [0.2, 0.25) is 0 Å². The van der Waals surface area contributed by atoms with Gasteiger partial charge in [0.15, 0.2) is 0 Å². The number of fused-ring (bicyclic) bond motifs is 1. The predicted molar refractivity (Wildman–Crippen MR) is 96.9 cm³/mol. The summed E-state index contributed by atoms with van der Waals surface area (Å²) < 4.78 is 6.42. The summed E-state index contributed by atoms with van der Waals surface area (Å²) in [5.41, 5.74) is 1.46. The predicted octanol–water partition coefficient (Wildman–Crippen LogP) is 5.18. The Bertz CT molecular complexity index is 751. The molecule has 2 aromatic rings. The van der Waals surface area contributed by atoms with Crippen LogP contribution in [0.25, 0.3) is 10.1 Å². The van der Waals surface area contributed by atoms with E-state index in [0.29, 0.717) is 22.2 Å². The van der Waals surface area contributed by atoms with Crippen LogP contribution in [0, 0.1) is 0 Å². The largest absolute Gasteiger partial charge is 0.494 e. The fraction of sp³-hybridized carbons (Fsp3) is 0.389. The lowest BCUT2D eigenvalue weighted by molar-refractivity contribution is 0.0955. The number of allylic oxidation sites excluding steroid dienone is 1. The summed E-state index contributed by atoms with van der Waals surface area (Å²) in [4.78, 5) is 13.1. The van der Waals surface area contributed by atoms with Crippen LogP contribution in [0.5, 0.6) is 5.75 Å². The molecular weight excluding hydrogens is 330 g/mol. The van der Waals surface area contributed by atoms with Gasteiger partial charge in [0.1, 0.15) is 10.6 Å². The summed E-state index contributed by atoms with van der Waals surface area (Å²) in [6, 6.07) is 5.58. The van der Waals surface area contributed by atoms with Gasteiger partial charge >= 0.3 is 0 Å². The summed E-state index contributed by atoms with van der Waals surface area (Å²) >= 11 is 7.45. The van der Waals surface area contributed by atoms with E-state index in [-0.39, 0.29) is 5.91 Å². The molecule has 122 valence electrons. The molecule has 5 heteroatoms. The molecular formula is C18H20ClNO2S. The SMILES string of the molecule is COc1c(C(=O)NCCC2=CCCCC2)sc2cc(Cl)ccc12. The highest BCUT2D eigenvalue weighted by atomic mass is 35.5. The molecule has 1 heterocycles. The Morgan fingerprint density at radius 2 is 2.26 bits per heavy atom. The Morgan fingerprint density at radius 1 is 1.39 bits per heavy atom. The average molecular weight is 350 g/mol. The van der Waals surface area contributed by atoms with Gasteiger partial charge in [-0.15, -0.1) is 11.3 Å². The van der Waals surface area contributed by atoms with Crippen LogP contribution in [0.2, 0.25) is 5.02 Å². The molecule has 0 radical (unpaired) electrons. The molecule has 0 saturated carbocycles. The summed E-state index contributed by atoms with van der Waals surface area (Å²) in [5, 5.41) is 4.61. The van der Waals surface area contributed by atoms with Gasteiger partial charge in [-0.05, 0) is 50.3 Å². The minimum atomic E-state index is -0.0735. The van der Waals surface area contributed by atoms with Crippen LogP contribution in [-0.4, -0.2) is 19.6 Å². The van der Waals surface area contributed by atoms with Crippen molar-refractivity contribution < 1.29 is 9.53 Å². The van der Waals surface area contributed by atoms with Gasteiger partial charge in [-0.2, -0.15) is 0 Å². The fourth-order valence-corrected chi connectivity index (χ4v) is 4.31. The van der Waals surface area contributed by atoms with Crippen molar-refractivity contribution in [3.05, 3.63) is 39.7 Å². The molecule has 0 unspecified atom stereocenters. The minimum Gasteiger partial charge on any atom is -0.494 e. The van der Waals surface area contributed by atoms with Gasteiger partial charge in [-0.25, -0.2) is 0 Å². The van der Waals surface area contributed by atoms with Crippen molar-refractivity contribution in [2.45, 2.75) is 32.1 Å². The first-order valence-corrected chi connectivity index (χ1v) is 9.10. The Balaban J connectivity index is 1.71. The third kappa shape index (κ3) is 3.70. The Kier molecular flexibility index (Phi) is 5.23. The van der Waals surface area contributed by atoms with Gasteiger partial charge in [-0.1, -0.05) is 23.3 Å². The molecule has 0 saturated heterocycles. The van der Waals surface area contributed by atoms with Crippen molar-refractivity contribution in [1.82, 2.24) is 5.32 Å². The molecule has 23 heavy (non-hydrogen) atoms. The third-order valence-corrected chi connectivity index (χ3v) is 5.50. The number of methoxy groups -OCH3 is 1. The van der Waals surface area contributed by atoms with Crippen molar-refractivity contribution in [2.24, 2.45) is 0 Å². The highest BCUT2D eigenvalue weighted by molar-refractivity contribution is 7.21. The maximum Gasteiger partial charge on any atom is 0.265 e. The minimum absolute atomic E-state index is 0.0735. The van der Waals surface area contributed by atoms with Gasteiger partial charge < -0.3 is 10.1 Å². The second-order valence-corrected chi connectivity index (χ2v) is 7.21. The van der Waals surface area contributed by atoms with Crippen LogP contribution in [0.4, 0.5) is 0 Å². The molecule has 1 amide bonds. The first kappa shape index (κ1) is 16.3. The van der Waals surface area contributed by atoms with Crippen molar-refractivity contribution >= 4 is 38.9 Å². The molecule has 1 aromatic carbocycles. The Labute approximate surface area is 145 Å². The van der Waals surface area contributed by atoms with Gasteiger partial charge in [0, 0.05) is 21.7 Å². The number of ether oxygens (including phenoxy) is 1. The Morgan fingerprint density at radius 3 is 3.00 bits per heavy atom. The maximum absolute atomic E-state index is 12.5. The van der Waals surface area contributed by atoms with Gasteiger partial charge in [0.05, 0.1) is 7.11 Å². The maximum atomic E-state index is 12.5. The lowest BCUT2D eigenvalue weighted by atomic mass is 9.97. The zero-order valence-electron chi connectivity index (χ0n) is 13.2. The topological polar surface area (TPSA) is 38.3 Å². The van der Waals surface area contributed by atoms with Crippen LogP contribution in [0.15, 0.2) is 29.8 Å². The number of benzene rings is 1. The van der Waals surface area contributed by atoms with E-state index >= 15 is 0 Å². The van der Waals surface area contributed by atoms with Crippen LogP contribution in [0.1, 0.15) is 41.8 Å². The van der Waals surface area contributed by atoms with E-state index in [1.807, 2.05) is 18.2 Å². The van der Waals surface area contributed by atoms with Crippen molar-refractivity contribution in [3.63, 3.8) is 0 Å². The number of rotatable bonds is 5. The lowest BCUT2D eigenvalue weighted by Gasteiger charge is -2.12. The van der Waals surface area contributed by atoms with E-state index in [1.165, 1.54) is 42.6 Å². The van der Waals surface area contributed by atoms with E-state index in [2.05, 4.69) is 11.4 Å². The molecule has 1 aliphatic carbocycles. The molecule has 1 N–H and O–H groups in total. The molecule has 3 nitrogen and oxygen atoms in total. The third-order valence-electron chi connectivity index (χ3n) is 4.13. The normalized spacial score (nSPS) is 14.6. The van der Waals surface area contributed by atoms with Crippen molar-refractivity contribution in [2.75, 3.05) is 13.7 Å². The van der Waals surface area contributed by atoms with Gasteiger partial charge in [0.25, 0.3) is 5.91 Å². The summed E-state index contributed by atoms with van der Waals surface area (Å²) in [7, 11) is 1.60. The first-order valence-electron chi connectivity index (χ1n) is 7.91. The highest BCUT2D eigenvalue weighted by Gasteiger charge is 2.19. The molecule has 0 bridgehead atoms. The summed E-state index contributed by atoms with van der Waals surface area (Å²) in [5.74, 6) is 0.562. The van der Waals surface area contributed by atoms with E-state index < -0.39 is 0 Å². The van der Waals surface area contributed by atoms with Crippen molar-refractivity contribution in [1.29, 1.82) is 0 Å². The molecule has 1 aromatic heterocycles. The monoisotopic (exact) mass is 349 g/mol. The number of carbonyl (C=O) groups excluding carboxylic acids is 1. The average Bonchev–Trinajstić information content (AvgIpc) is 2.93. The van der Waals surface area contributed by atoms with E-state index in [1.54, 1.807) is 7.11 Å². The second kappa shape index (κ2) is 7.37. The van der Waals surface area contributed by atoms with E-state index in [0.717, 1.165) is 16.5 Å². The van der Waals surface area contributed by atoms with E-state index in [9.17, 15) is 4.79 Å². The van der Waals surface area contributed by atoms with Crippen LogP contribution in [0.3, 0.4) is 0 Å². The molecule has 3 rings (SSSR count). The summed E-state index contributed by atoms with van der Waals surface area (Å²) in [6.07, 6.45) is 8.15. The number of thiophene rings is 1. The van der Waals surface area contributed by atoms with E-state index in [4.69, 9.17) is 16.3 Å². The number of nitrogens with one attached hydrogen (secondary N) is 1. The first-order chi connectivity index (χ1) is 11.2. The fourth-order valence-electron chi connectivity index (χ4n) is 2.95. The number of hydrogen-bond acceptors (Lipinski definition) is 3. The zero-order chi connectivity index (χ0) is 16.2. The number of amides is 1. The second-order valence-electron chi connectivity index (χ2n) is 5.72. The van der Waals surface area contributed by atoms with Crippen molar-refractivity contribution in [3.8, 4) is 5.75 Å². The highest BCUT2D eigenvalue weighted by Crippen LogP contribution is 2.38. The zero-order valence-corrected chi connectivity index (χ0v) is 14.7. The molecule has 1 aliphatic rings. The lowest BCUT2D eigenvalue weighted by Crippen LogP contribution is -2.24. The number of halogens is 1. The molecule has 0 fully saturated rings. The molecule has 0 aliphatic heterocycles. The van der Waals surface area contributed by atoms with Crippen LogP contribution in [-0.2, 0) is 0 Å². The number of carbonyl (C=O) groups is 1. The quantitative estimate of drug-likeness (QED) is 0.755. The number of hydrogen-bond donors (Lipinski definition) is 1.